The van der Waals surface area contributed by atoms with Gasteiger partial charge in [-0.05, 0) is 13.0 Å². The highest BCUT2D eigenvalue weighted by atomic mass is 35.5. The largest absolute Gasteiger partial charge is 0.465 e. The zero-order chi connectivity index (χ0) is 15.3. The maximum atomic E-state index is 11.8. The van der Waals surface area contributed by atoms with Crippen molar-refractivity contribution >= 4 is 40.8 Å². The Morgan fingerprint density at radius 1 is 1.38 bits per heavy atom. The van der Waals surface area contributed by atoms with Crippen LogP contribution >= 0.6 is 23.7 Å². The number of nitrogens with two attached hydrogens (primary N) is 1. The first kappa shape index (κ1) is 19.8. The van der Waals surface area contributed by atoms with Crippen LogP contribution in [0.15, 0.2) is 0 Å². The van der Waals surface area contributed by atoms with E-state index in [9.17, 15) is 9.59 Å². The van der Waals surface area contributed by atoms with Crippen LogP contribution in [0, 0.1) is 0 Å². The monoisotopic (exact) mass is 335 g/mol. The van der Waals surface area contributed by atoms with Gasteiger partial charge in [0.2, 0.25) is 5.91 Å². The summed E-state index contributed by atoms with van der Waals surface area (Å²) in [5.74, 6) is -0.587. The van der Waals surface area contributed by atoms with Gasteiger partial charge in [0.15, 0.2) is 5.13 Å². The van der Waals surface area contributed by atoms with Crippen molar-refractivity contribution in [3.05, 3.63) is 10.6 Å². The van der Waals surface area contributed by atoms with Crippen LogP contribution in [0.2, 0.25) is 0 Å². The van der Waals surface area contributed by atoms with Gasteiger partial charge in [-0.1, -0.05) is 32.1 Å². The number of esters is 1. The molecule has 120 valence electrons. The van der Waals surface area contributed by atoms with Crippen molar-refractivity contribution in [2.75, 3.05) is 19.0 Å². The standard InChI is InChI=1S/C13H21N3O3S.ClH/c1-13(2,3)10-9(11(18)19-4)20-12(16-10)15-8(17)6-5-7-14;/h5-7,14H2,1-4H3,(H,15,16,17);1H. The molecule has 0 aromatic carbocycles. The average Bonchev–Trinajstić information content (AvgIpc) is 2.79. The van der Waals surface area contributed by atoms with E-state index in [2.05, 4.69) is 10.3 Å². The minimum Gasteiger partial charge on any atom is -0.465 e. The van der Waals surface area contributed by atoms with E-state index in [1.54, 1.807) is 0 Å². The Morgan fingerprint density at radius 3 is 2.48 bits per heavy atom. The minimum atomic E-state index is -0.435. The second-order valence-corrected chi connectivity index (χ2v) is 6.38. The quantitative estimate of drug-likeness (QED) is 0.805. The maximum absolute atomic E-state index is 11.8. The first-order valence-corrected chi connectivity index (χ1v) is 7.20. The lowest BCUT2D eigenvalue weighted by atomic mass is 9.91. The van der Waals surface area contributed by atoms with E-state index in [0.29, 0.717) is 35.1 Å². The Balaban J connectivity index is 0.00000400. The van der Waals surface area contributed by atoms with Crippen LogP contribution in [0.5, 0.6) is 0 Å². The Labute approximate surface area is 134 Å². The average molecular weight is 336 g/mol. The van der Waals surface area contributed by atoms with E-state index < -0.39 is 5.97 Å². The molecule has 1 heterocycles. The summed E-state index contributed by atoms with van der Waals surface area (Å²) in [4.78, 5) is 28.2. The van der Waals surface area contributed by atoms with Crippen LogP contribution in [0.1, 0.15) is 49.0 Å². The topological polar surface area (TPSA) is 94.3 Å². The van der Waals surface area contributed by atoms with E-state index in [4.69, 9.17) is 10.5 Å². The van der Waals surface area contributed by atoms with Crippen molar-refractivity contribution in [1.82, 2.24) is 4.98 Å². The van der Waals surface area contributed by atoms with Gasteiger partial charge in [0.05, 0.1) is 12.8 Å². The van der Waals surface area contributed by atoms with Crippen LogP contribution in [0.3, 0.4) is 0 Å². The lowest BCUT2D eigenvalue weighted by Crippen LogP contribution is -2.17. The van der Waals surface area contributed by atoms with Gasteiger partial charge in [0.1, 0.15) is 4.88 Å². The normalized spacial score (nSPS) is 10.7. The number of hydrogen-bond donors (Lipinski definition) is 2. The van der Waals surface area contributed by atoms with Gasteiger partial charge in [0.25, 0.3) is 0 Å². The number of aromatic nitrogens is 1. The summed E-state index contributed by atoms with van der Waals surface area (Å²) in [5.41, 5.74) is 5.68. The second kappa shape index (κ2) is 8.31. The number of carbonyl (C=O) groups excluding carboxylic acids is 2. The Kier molecular flexibility index (Phi) is 7.84. The summed E-state index contributed by atoms with van der Waals surface area (Å²) in [6.07, 6.45) is 0.960. The third-order valence-electron chi connectivity index (χ3n) is 2.56. The molecule has 0 aliphatic carbocycles. The molecular weight excluding hydrogens is 314 g/mol. The summed E-state index contributed by atoms with van der Waals surface area (Å²) in [6.45, 7) is 6.32. The summed E-state index contributed by atoms with van der Waals surface area (Å²) < 4.78 is 4.76. The number of halogens is 1. The van der Waals surface area contributed by atoms with Gasteiger partial charge >= 0.3 is 5.97 Å². The van der Waals surface area contributed by atoms with Crippen molar-refractivity contribution in [2.24, 2.45) is 5.73 Å². The molecule has 21 heavy (non-hydrogen) atoms. The molecular formula is C13H22ClN3O3S. The van der Waals surface area contributed by atoms with Crippen molar-refractivity contribution in [3.63, 3.8) is 0 Å². The lowest BCUT2D eigenvalue weighted by molar-refractivity contribution is -0.116. The molecule has 0 bridgehead atoms. The number of hydrogen-bond acceptors (Lipinski definition) is 6. The summed E-state index contributed by atoms with van der Waals surface area (Å²) in [7, 11) is 1.33. The molecule has 0 aliphatic rings. The zero-order valence-corrected chi connectivity index (χ0v) is 14.3. The van der Waals surface area contributed by atoms with Gasteiger partial charge in [-0.2, -0.15) is 0 Å². The highest BCUT2D eigenvalue weighted by Gasteiger charge is 2.28. The maximum Gasteiger partial charge on any atom is 0.350 e. The van der Waals surface area contributed by atoms with Crippen molar-refractivity contribution in [2.45, 2.75) is 39.0 Å². The van der Waals surface area contributed by atoms with E-state index in [0.717, 1.165) is 11.3 Å². The van der Waals surface area contributed by atoms with Crippen LogP contribution in [0.4, 0.5) is 5.13 Å². The molecule has 0 radical (unpaired) electrons. The van der Waals surface area contributed by atoms with E-state index >= 15 is 0 Å². The predicted octanol–water partition coefficient (Wildman–Crippen LogP) is 2.33. The molecule has 0 fully saturated rings. The number of carbonyl (C=O) groups is 2. The Hall–Kier alpha value is -1.18. The summed E-state index contributed by atoms with van der Waals surface area (Å²) in [6, 6.07) is 0. The fourth-order valence-electron chi connectivity index (χ4n) is 1.56. The van der Waals surface area contributed by atoms with Crippen LogP contribution < -0.4 is 11.1 Å². The number of thiazole rings is 1. The molecule has 1 rings (SSSR count). The van der Waals surface area contributed by atoms with Crippen molar-refractivity contribution < 1.29 is 14.3 Å². The Morgan fingerprint density at radius 2 is 2.00 bits per heavy atom. The Bertz CT molecular complexity index is 497. The lowest BCUT2D eigenvalue weighted by Gasteiger charge is -2.16. The fraction of sp³-hybridized carbons (Fsp3) is 0.615. The number of rotatable bonds is 5. The van der Waals surface area contributed by atoms with E-state index in [1.165, 1.54) is 7.11 Å². The van der Waals surface area contributed by atoms with Gasteiger partial charge < -0.3 is 15.8 Å². The first-order valence-electron chi connectivity index (χ1n) is 6.39. The number of ether oxygens (including phenoxy) is 1. The molecule has 0 aliphatic heterocycles. The van der Waals surface area contributed by atoms with E-state index in [-0.39, 0.29) is 23.7 Å². The molecule has 0 atom stereocenters. The highest BCUT2D eigenvalue weighted by molar-refractivity contribution is 7.17. The molecule has 0 saturated carbocycles. The van der Waals surface area contributed by atoms with Crippen LogP contribution in [-0.2, 0) is 14.9 Å². The van der Waals surface area contributed by atoms with Crippen LogP contribution in [0.25, 0.3) is 0 Å². The molecule has 1 aromatic rings. The van der Waals surface area contributed by atoms with Crippen molar-refractivity contribution in [1.29, 1.82) is 0 Å². The van der Waals surface area contributed by atoms with Crippen LogP contribution in [-0.4, -0.2) is 30.5 Å². The highest BCUT2D eigenvalue weighted by Crippen LogP contribution is 2.32. The van der Waals surface area contributed by atoms with Gasteiger partial charge in [-0.3, -0.25) is 4.79 Å². The number of nitrogens with zero attached hydrogens (tertiary/aromatic N) is 1. The summed E-state index contributed by atoms with van der Waals surface area (Å²) in [5, 5.41) is 3.11. The molecule has 3 N–H and O–H groups in total. The number of anilines is 1. The molecule has 1 amide bonds. The zero-order valence-electron chi connectivity index (χ0n) is 12.7. The van der Waals surface area contributed by atoms with E-state index in [1.807, 2.05) is 20.8 Å². The SMILES string of the molecule is COC(=O)c1sc(NC(=O)CCCN)nc1C(C)(C)C.Cl. The number of methoxy groups -OCH3 is 1. The molecule has 1 aromatic heterocycles. The number of nitrogens with one attached hydrogen (secondary N) is 1. The molecule has 6 nitrogen and oxygen atoms in total. The smallest absolute Gasteiger partial charge is 0.350 e. The number of amides is 1. The predicted molar refractivity (Wildman–Crippen MR) is 86.3 cm³/mol. The fourth-order valence-corrected chi connectivity index (χ4v) is 2.67. The first-order chi connectivity index (χ1) is 9.29. The third-order valence-corrected chi connectivity index (χ3v) is 3.51. The van der Waals surface area contributed by atoms with Gasteiger partial charge in [-0.15, -0.1) is 12.4 Å². The van der Waals surface area contributed by atoms with Gasteiger partial charge in [0, 0.05) is 11.8 Å². The second-order valence-electron chi connectivity index (χ2n) is 5.38. The molecule has 0 unspecified atom stereocenters. The van der Waals surface area contributed by atoms with Crippen molar-refractivity contribution in [3.8, 4) is 0 Å². The molecule has 0 spiro atoms. The third kappa shape index (κ3) is 5.61. The molecule has 0 saturated heterocycles. The van der Waals surface area contributed by atoms with Gasteiger partial charge in [-0.25, -0.2) is 9.78 Å². The minimum absolute atomic E-state index is 0. The molecule has 8 heteroatoms. The summed E-state index contributed by atoms with van der Waals surface area (Å²) >= 11 is 1.13.